The fourth-order valence-corrected chi connectivity index (χ4v) is 6.26. The molecule has 0 aliphatic heterocycles. The summed E-state index contributed by atoms with van der Waals surface area (Å²) in [6.45, 7) is 0. The van der Waals surface area contributed by atoms with Gasteiger partial charge in [0.05, 0.1) is 36.0 Å². The summed E-state index contributed by atoms with van der Waals surface area (Å²) in [5, 5.41) is 83.9. The number of aliphatic carboxylic acids is 2. The number of carboxylic acid groups (broad SMARTS) is 2. The van der Waals surface area contributed by atoms with E-state index in [1.165, 1.54) is 0 Å². The molecule has 59 heavy (non-hydrogen) atoms. The van der Waals surface area contributed by atoms with Gasteiger partial charge in [-0.15, -0.1) is 0 Å². The molecule has 0 spiro atoms. The third-order valence-corrected chi connectivity index (χ3v) is 8.80. The van der Waals surface area contributed by atoms with Crippen LogP contribution < -0.4 is 22.6 Å². The molecule has 4 aromatic rings. The van der Waals surface area contributed by atoms with Crippen LogP contribution in [0.5, 0.6) is 0 Å². The Kier molecular flexibility index (Phi) is 14.2. The number of H-pyrrole nitrogens is 2. The minimum Gasteiger partial charge on any atom is -0.479 e. The van der Waals surface area contributed by atoms with Gasteiger partial charge in [0.25, 0.3) is 11.1 Å². The summed E-state index contributed by atoms with van der Waals surface area (Å²) in [7, 11) is -11.5. The van der Waals surface area contributed by atoms with Crippen molar-refractivity contribution in [2.24, 2.45) is 0 Å². The van der Waals surface area contributed by atoms with Gasteiger partial charge in [0.15, 0.2) is 34.5 Å². The molecule has 10 atom stereocenters. The molecule has 0 bridgehead atoms. The minimum atomic E-state index is -5.75. The second kappa shape index (κ2) is 18.1. The van der Waals surface area contributed by atoms with Crippen LogP contribution in [-0.2, 0) is 56.3 Å². The van der Waals surface area contributed by atoms with Crippen LogP contribution in [-0.4, -0.2) is 180 Å². The van der Waals surface area contributed by atoms with Crippen LogP contribution in [0.1, 0.15) is 11.4 Å². The van der Waals surface area contributed by atoms with Gasteiger partial charge in [0, 0.05) is 12.8 Å². The number of nitrogen functional groups attached to an aromatic ring is 2. The summed E-state index contributed by atoms with van der Waals surface area (Å²) in [6.07, 6.45) is -28.5. The van der Waals surface area contributed by atoms with Crippen molar-refractivity contribution >= 4 is 67.0 Å². The van der Waals surface area contributed by atoms with Crippen molar-refractivity contribution in [3.05, 3.63) is 44.5 Å². The SMILES string of the molecule is Nc1nc2ncc(CC(OC(Cc3cnc4nc(N)[nH]c(=O)c4n3)C(O)C(O)C(OS(=O)(=O)O)C(O)C(=O)O)C(O)C(O)C(OS(=O)(=O)O)C(O)C(=O)O)nc2c(=O)[nH]1. The van der Waals surface area contributed by atoms with Gasteiger partial charge in [-0.2, -0.15) is 26.8 Å². The Labute approximate surface area is 325 Å². The molecule has 0 fully saturated rings. The highest BCUT2D eigenvalue weighted by atomic mass is 32.3. The highest BCUT2D eigenvalue weighted by Crippen LogP contribution is 2.25. The molecule has 0 aromatic carbocycles. The zero-order valence-electron chi connectivity index (χ0n) is 29.0. The number of hydrogen-bond donors (Lipinski definition) is 14. The van der Waals surface area contributed by atoms with Crippen molar-refractivity contribution in [1.82, 2.24) is 39.9 Å². The predicted octanol–water partition coefficient (Wildman–Crippen LogP) is -7.85. The number of nitrogens with zero attached hydrogens (tertiary/aromatic N) is 6. The van der Waals surface area contributed by atoms with Crippen molar-refractivity contribution in [3.8, 4) is 0 Å². The van der Waals surface area contributed by atoms with Gasteiger partial charge in [-0.1, -0.05) is 0 Å². The Balaban J connectivity index is 1.90. The third kappa shape index (κ3) is 11.8. The first kappa shape index (κ1) is 46.1. The molecule has 31 nitrogen and oxygen atoms in total. The zero-order valence-corrected chi connectivity index (χ0v) is 30.6. The van der Waals surface area contributed by atoms with Crippen LogP contribution in [0.25, 0.3) is 22.3 Å². The molecular weight excluding hydrogens is 852 g/mol. The summed E-state index contributed by atoms with van der Waals surface area (Å²) in [6, 6.07) is 0. The lowest BCUT2D eigenvalue weighted by Crippen LogP contribution is -2.57. The number of aromatic amines is 2. The fraction of sp³-hybridized carbons (Fsp3) is 0.462. The highest BCUT2D eigenvalue weighted by molar-refractivity contribution is 7.81. The number of fused-ring (bicyclic) bond motifs is 2. The normalized spacial score (nSPS) is 17.6. The maximum Gasteiger partial charge on any atom is 0.397 e. The smallest absolute Gasteiger partial charge is 0.397 e. The molecule has 324 valence electrons. The van der Waals surface area contributed by atoms with Crippen molar-refractivity contribution in [2.45, 2.75) is 73.9 Å². The summed E-state index contributed by atoms with van der Waals surface area (Å²) in [4.78, 5) is 75.8. The van der Waals surface area contributed by atoms with Gasteiger partial charge in [0.2, 0.25) is 11.9 Å². The van der Waals surface area contributed by atoms with Crippen molar-refractivity contribution in [2.75, 3.05) is 11.5 Å². The van der Waals surface area contributed by atoms with E-state index in [0.29, 0.717) is 0 Å². The number of carbonyl (C=O) groups is 2. The standard InChI is InChI=1S/C26H32N10O21S2/c27-25-33-19-9(21(43)35-25)31-5(3-29-19)1-7(11(37)13(39)17(15(41)23(45)46)56-58(49,50)51)55-8(2-6-4-30-20-10(32-6)22(44)36-26(28)34-20)12(38)14(40)18(16(42)24(47)48)57-59(52,53)54/h3-4,7-8,11-18,37-42H,1-2H2,(H,45,46)(H,47,48)(H,49,50,51)(H,52,53,54)(H3,27,29,33,35,43)(H3,28,30,34,36,44). The molecule has 0 amide bonds. The molecule has 33 heteroatoms. The van der Waals surface area contributed by atoms with E-state index in [0.717, 1.165) is 12.4 Å². The second-order valence-corrected chi connectivity index (χ2v) is 14.2. The Morgan fingerprint density at radius 2 is 0.966 bits per heavy atom. The van der Waals surface area contributed by atoms with E-state index < -0.39 is 152 Å². The number of nitrogens with two attached hydrogens (primary N) is 2. The second-order valence-electron chi connectivity index (χ2n) is 12.1. The Hall–Kier alpha value is -5.56. The number of aromatic nitrogens is 8. The Bertz CT molecular complexity index is 2370. The average Bonchev–Trinajstić information content (AvgIpc) is 3.13. The molecule has 10 unspecified atom stereocenters. The zero-order chi connectivity index (χ0) is 44.3. The predicted molar refractivity (Wildman–Crippen MR) is 185 cm³/mol. The van der Waals surface area contributed by atoms with Crippen LogP contribution in [0.4, 0.5) is 11.9 Å². The minimum absolute atomic E-state index is 0.348. The average molecular weight is 885 g/mol. The maximum absolute atomic E-state index is 12.6. The van der Waals surface area contributed by atoms with Crippen LogP contribution in [0.3, 0.4) is 0 Å². The number of rotatable bonds is 20. The topological polar surface area (TPSA) is 528 Å². The Morgan fingerprint density at radius 1 is 0.627 bits per heavy atom. The molecule has 4 rings (SSSR count). The van der Waals surface area contributed by atoms with Gasteiger partial charge in [-0.25, -0.2) is 37.9 Å². The molecular formula is C26H32N10O21S2. The van der Waals surface area contributed by atoms with E-state index in [1.54, 1.807) is 0 Å². The van der Waals surface area contributed by atoms with Gasteiger partial charge in [-0.3, -0.25) is 28.7 Å². The molecule has 16 N–H and O–H groups in total. The summed E-state index contributed by atoms with van der Waals surface area (Å²) in [5.74, 6) is -5.37. The van der Waals surface area contributed by atoms with Crippen LogP contribution >= 0.6 is 0 Å². The highest BCUT2D eigenvalue weighted by Gasteiger charge is 2.46. The number of aliphatic hydroxyl groups excluding tert-OH is 6. The van der Waals surface area contributed by atoms with Crippen LogP contribution in [0.2, 0.25) is 0 Å². The van der Waals surface area contributed by atoms with E-state index in [2.05, 4.69) is 48.2 Å². The number of carboxylic acids is 2. The quantitative estimate of drug-likeness (QED) is 0.0367. The molecule has 4 heterocycles. The van der Waals surface area contributed by atoms with Crippen molar-refractivity contribution < 1.29 is 89.5 Å². The van der Waals surface area contributed by atoms with E-state index in [1.807, 2.05) is 0 Å². The first-order chi connectivity index (χ1) is 27.3. The van der Waals surface area contributed by atoms with Crippen LogP contribution in [0.15, 0.2) is 22.0 Å². The summed E-state index contributed by atoms with van der Waals surface area (Å²) < 4.78 is 78.8. The maximum atomic E-state index is 12.6. The Morgan fingerprint density at radius 3 is 1.27 bits per heavy atom. The first-order valence-corrected chi connectivity index (χ1v) is 18.5. The number of nitrogens with one attached hydrogen (secondary N) is 2. The number of aliphatic hydroxyl groups is 6. The van der Waals surface area contributed by atoms with Crippen molar-refractivity contribution in [3.63, 3.8) is 0 Å². The number of anilines is 2. The van der Waals surface area contributed by atoms with Gasteiger partial charge in [-0.05, 0) is 0 Å². The van der Waals surface area contributed by atoms with E-state index in [9.17, 15) is 86.0 Å². The molecule has 0 saturated heterocycles. The van der Waals surface area contributed by atoms with E-state index >= 15 is 0 Å². The monoisotopic (exact) mass is 884 g/mol. The lowest BCUT2D eigenvalue weighted by molar-refractivity contribution is -0.192. The lowest BCUT2D eigenvalue weighted by atomic mass is 9.94. The fourth-order valence-electron chi connectivity index (χ4n) is 5.26. The number of ether oxygens (including phenoxy) is 1. The molecule has 0 radical (unpaired) electrons. The third-order valence-electron chi connectivity index (χ3n) is 7.87. The molecule has 4 aromatic heterocycles. The number of hydrogen-bond acceptors (Lipinski definition) is 25. The molecule has 0 saturated carbocycles. The van der Waals surface area contributed by atoms with Crippen LogP contribution in [0, 0.1) is 0 Å². The molecule has 0 aliphatic rings. The lowest BCUT2D eigenvalue weighted by Gasteiger charge is -2.37. The first-order valence-electron chi connectivity index (χ1n) is 15.8. The summed E-state index contributed by atoms with van der Waals surface area (Å²) in [5.41, 5.74) is 6.47. The largest absolute Gasteiger partial charge is 0.479 e. The van der Waals surface area contributed by atoms with E-state index in [4.69, 9.17) is 16.2 Å². The van der Waals surface area contributed by atoms with Crippen molar-refractivity contribution in [1.29, 1.82) is 0 Å². The summed E-state index contributed by atoms with van der Waals surface area (Å²) >= 11 is 0. The van der Waals surface area contributed by atoms with Gasteiger partial charge < -0.3 is 57.1 Å². The molecule has 0 aliphatic carbocycles. The van der Waals surface area contributed by atoms with E-state index in [-0.39, 0.29) is 11.3 Å². The van der Waals surface area contributed by atoms with Gasteiger partial charge in [0.1, 0.15) is 36.6 Å². The van der Waals surface area contributed by atoms with Gasteiger partial charge >= 0.3 is 32.7 Å².